The topological polar surface area (TPSA) is 65.0 Å². The SMILES string of the molecule is CCCc1ccc2c(c1)C=Cc1ccc(CC)cc1C2OCCOc1ccc(CC(OC)C(=O)O)cc1. The molecule has 37 heavy (non-hydrogen) atoms. The van der Waals surface area contributed by atoms with Crippen molar-refractivity contribution in [2.45, 2.75) is 51.7 Å². The molecule has 3 aromatic rings. The Morgan fingerprint density at radius 2 is 1.59 bits per heavy atom. The first-order valence-electron chi connectivity index (χ1n) is 13.0. The molecule has 0 saturated heterocycles. The van der Waals surface area contributed by atoms with Gasteiger partial charge in [0.25, 0.3) is 0 Å². The molecule has 3 aromatic carbocycles. The molecule has 1 aliphatic carbocycles. The Balaban J connectivity index is 1.45. The minimum absolute atomic E-state index is 0.171. The van der Waals surface area contributed by atoms with E-state index in [4.69, 9.17) is 14.2 Å². The Hall–Kier alpha value is -3.41. The van der Waals surface area contributed by atoms with Crippen molar-refractivity contribution in [2.75, 3.05) is 20.3 Å². The maximum atomic E-state index is 11.2. The van der Waals surface area contributed by atoms with E-state index in [-0.39, 0.29) is 6.10 Å². The number of carbonyl (C=O) groups is 1. The Bertz CT molecular complexity index is 1230. The molecule has 1 N–H and O–H groups in total. The van der Waals surface area contributed by atoms with E-state index < -0.39 is 12.1 Å². The molecule has 194 valence electrons. The van der Waals surface area contributed by atoms with Gasteiger partial charge in [0.1, 0.15) is 18.5 Å². The maximum absolute atomic E-state index is 11.2. The number of fused-ring (bicyclic) bond motifs is 2. The lowest BCUT2D eigenvalue weighted by atomic mass is 9.93. The summed E-state index contributed by atoms with van der Waals surface area (Å²) in [5.41, 5.74) is 8.27. The number of carboxylic acids is 1. The van der Waals surface area contributed by atoms with Crippen LogP contribution in [0, 0.1) is 0 Å². The van der Waals surface area contributed by atoms with E-state index in [9.17, 15) is 9.90 Å². The van der Waals surface area contributed by atoms with Crippen molar-refractivity contribution in [1.82, 2.24) is 0 Å². The zero-order chi connectivity index (χ0) is 26.2. The minimum atomic E-state index is -0.968. The summed E-state index contributed by atoms with van der Waals surface area (Å²) in [6.07, 6.45) is 6.84. The van der Waals surface area contributed by atoms with E-state index in [1.807, 2.05) is 24.3 Å². The van der Waals surface area contributed by atoms with Crippen LogP contribution in [0.25, 0.3) is 12.2 Å². The summed E-state index contributed by atoms with van der Waals surface area (Å²) in [4.78, 5) is 11.2. The van der Waals surface area contributed by atoms with Gasteiger partial charge in [-0.2, -0.15) is 0 Å². The highest BCUT2D eigenvalue weighted by molar-refractivity contribution is 5.76. The van der Waals surface area contributed by atoms with Crippen molar-refractivity contribution in [3.8, 4) is 5.75 Å². The summed E-state index contributed by atoms with van der Waals surface area (Å²) in [5.74, 6) is -0.248. The van der Waals surface area contributed by atoms with Gasteiger partial charge in [0.2, 0.25) is 0 Å². The van der Waals surface area contributed by atoms with Crippen LogP contribution in [-0.4, -0.2) is 37.5 Å². The normalized spacial score (nSPS) is 14.9. The van der Waals surface area contributed by atoms with Crippen LogP contribution in [0.2, 0.25) is 0 Å². The lowest BCUT2D eigenvalue weighted by molar-refractivity contribution is -0.148. The third kappa shape index (κ3) is 6.68. The van der Waals surface area contributed by atoms with E-state index in [2.05, 4.69) is 62.4 Å². The summed E-state index contributed by atoms with van der Waals surface area (Å²) < 4.78 is 17.5. The van der Waals surface area contributed by atoms with E-state index in [0.717, 1.165) is 30.6 Å². The Labute approximate surface area is 219 Å². The predicted molar refractivity (Wildman–Crippen MR) is 147 cm³/mol. The summed E-state index contributed by atoms with van der Waals surface area (Å²) >= 11 is 0. The highest BCUT2D eigenvalue weighted by Gasteiger charge is 2.23. The molecule has 0 amide bonds. The molecule has 2 unspecified atom stereocenters. The van der Waals surface area contributed by atoms with Crippen molar-refractivity contribution in [3.63, 3.8) is 0 Å². The fraction of sp³-hybridized carbons (Fsp3) is 0.344. The number of methoxy groups -OCH3 is 1. The largest absolute Gasteiger partial charge is 0.491 e. The zero-order valence-corrected chi connectivity index (χ0v) is 21.9. The molecule has 0 aliphatic heterocycles. The van der Waals surface area contributed by atoms with Gasteiger partial charge in [-0.15, -0.1) is 0 Å². The Kier molecular flexibility index (Phi) is 9.15. The molecule has 0 fully saturated rings. The molecule has 0 heterocycles. The maximum Gasteiger partial charge on any atom is 0.333 e. The number of hydrogen-bond donors (Lipinski definition) is 1. The molecule has 1 aliphatic rings. The first-order valence-corrected chi connectivity index (χ1v) is 13.0. The molecule has 5 heteroatoms. The van der Waals surface area contributed by atoms with E-state index >= 15 is 0 Å². The fourth-order valence-electron chi connectivity index (χ4n) is 4.73. The number of benzene rings is 3. The lowest BCUT2D eigenvalue weighted by Gasteiger charge is -2.22. The van der Waals surface area contributed by atoms with Crippen molar-refractivity contribution in [1.29, 1.82) is 0 Å². The van der Waals surface area contributed by atoms with Crippen LogP contribution in [0.15, 0.2) is 60.7 Å². The van der Waals surface area contributed by atoms with Crippen LogP contribution >= 0.6 is 0 Å². The number of aryl methyl sites for hydroxylation is 2. The number of rotatable bonds is 12. The number of hydrogen-bond acceptors (Lipinski definition) is 4. The van der Waals surface area contributed by atoms with Crippen LogP contribution in [0.4, 0.5) is 0 Å². The second-order valence-corrected chi connectivity index (χ2v) is 9.37. The summed E-state index contributed by atoms with van der Waals surface area (Å²) in [7, 11) is 1.41. The Morgan fingerprint density at radius 3 is 2.30 bits per heavy atom. The van der Waals surface area contributed by atoms with Crippen LogP contribution in [0.1, 0.15) is 65.3 Å². The summed E-state index contributed by atoms with van der Waals surface area (Å²) in [6, 6.07) is 20.8. The average Bonchev–Trinajstić information content (AvgIpc) is 3.06. The van der Waals surface area contributed by atoms with E-state index in [1.165, 1.54) is 40.5 Å². The highest BCUT2D eigenvalue weighted by atomic mass is 16.5. The molecule has 0 saturated carbocycles. The fourth-order valence-corrected chi connectivity index (χ4v) is 4.73. The van der Waals surface area contributed by atoms with E-state index in [1.54, 1.807) is 0 Å². The molecule has 0 radical (unpaired) electrons. The van der Waals surface area contributed by atoms with Gasteiger partial charge in [-0.3, -0.25) is 0 Å². The van der Waals surface area contributed by atoms with Crippen molar-refractivity contribution < 1.29 is 24.1 Å². The standard InChI is InChI=1S/C32H36O5/c1-4-6-23-10-16-28-26(19-23)13-12-25-11-7-22(5-2)20-29(25)31(28)37-18-17-36-27-14-8-24(9-15-27)21-30(35-3)32(33)34/h7-16,19-20,30-31H,4-6,17-18,21H2,1-3H3,(H,33,34). The third-order valence-corrected chi connectivity index (χ3v) is 6.80. The first-order chi connectivity index (χ1) is 18.0. The number of aliphatic carboxylic acids is 1. The van der Waals surface area contributed by atoms with Crippen molar-refractivity contribution in [2.24, 2.45) is 0 Å². The second kappa shape index (κ2) is 12.7. The number of carboxylic acid groups (broad SMARTS) is 1. The zero-order valence-electron chi connectivity index (χ0n) is 21.9. The van der Waals surface area contributed by atoms with Gasteiger partial charge in [-0.1, -0.05) is 81.0 Å². The quantitative estimate of drug-likeness (QED) is 0.287. The minimum Gasteiger partial charge on any atom is -0.491 e. The van der Waals surface area contributed by atoms with Crippen molar-refractivity contribution >= 4 is 18.1 Å². The molecular weight excluding hydrogens is 464 g/mol. The Morgan fingerprint density at radius 1 is 0.865 bits per heavy atom. The molecule has 2 atom stereocenters. The van der Waals surface area contributed by atoms with E-state index in [0.29, 0.717) is 19.6 Å². The monoisotopic (exact) mass is 500 g/mol. The van der Waals surface area contributed by atoms with Gasteiger partial charge >= 0.3 is 5.97 Å². The third-order valence-electron chi connectivity index (χ3n) is 6.80. The van der Waals surface area contributed by atoms with Crippen LogP contribution in [-0.2, 0) is 33.5 Å². The highest BCUT2D eigenvalue weighted by Crippen LogP contribution is 2.36. The van der Waals surface area contributed by atoms with Gasteiger partial charge < -0.3 is 19.3 Å². The smallest absolute Gasteiger partial charge is 0.333 e. The number of ether oxygens (including phenoxy) is 3. The van der Waals surface area contributed by atoms with Crippen LogP contribution in [0.3, 0.4) is 0 Å². The molecule has 0 aromatic heterocycles. The van der Waals surface area contributed by atoms with Crippen LogP contribution in [0.5, 0.6) is 5.75 Å². The molecule has 5 nitrogen and oxygen atoms in total. The van der Waals surface area contributed by atoms with Crippen LogP contribution < -0.4 is 4.74 Å². The van der Waals surface area contributed by atoms with Gasteiger partial charge in [0.15, 0.2) is 6.10 Å². The average molecular weight is 501 g/mol. The van der Waals surface area contributed by atoms with Gasteiger partial charge in [0.05, 0.1) is 6.61 Å². The second-order valence-electron chi connectivity index (χ2n) is 9.37. The molecule has 4 rings (SSSR count). The van der Waals surface area contributed by atoms with Gasteiger partial charge in [-0.05, 0) is 63.9 Å². The molecular formula is C32H36O5. The molecule has 0 spiro atoms. The predicted octanol–water partition coefficient (Wildman–Crippen LogP) is 6.51. The van der Waals surface area contributed by atoms with Gasteiger partial charge in [0, 0.05) is 13.5 Å². The first kappa shape index (κ1) is 26.6. The van der Waals surface area contributed by atoms with Crippen molar-refractivity contribution in [3.05, 3.63) is 99.6 Å². The summed E-state index contributed by atoms with van der Waals surface area (Å²) in [5, 5.41) is 9.18. The lowest BCUT2D eigenvalue weighted by Crippen LogP contribution is -2.24. The summed E-state index contributed by atoms with van der Waals surface area (Å²) in [6.45, 7) is 5.22. The molecule has 0 bridgehead atoms. The van der Waals surface area contributed by atoms with Gasteiger partial charge in [-0.25, -0.2) is 4.79 Å².